The summed E-state index contributed by atoms with van der Waals surface area (Å²) in [5.74, 6) is -0.991. The first-order valence-electron chi connectivity index (χ1n) is 9.32. The Morgan fingerprint density at radius 2 is 2.22 bits per heavy atom. The van der Waals surface area contributed by atoms with E-state index in [0.717, 1.165) is 18.5 Å². The van der Waals surface area contributed by atoms with Gasteiger partial charge in [0, 0.05) is 45.0 Å². The maximum atomic E-state index is 12.4. The smallest absolute Gasteiger partial charge is 0.317 e. The van der Waals surface area contributed by atoms with Gasteiger partial charge in [0.25, 0.3) is 0 Å². The van der Waals surface area contributed by atoms with Crippen LogP contribution in [-0.4, -0.2) is 71.0 Å². The fraction of sp³-hybridized carbons (Fsp3) is 0.579. The lowest BCUT2D eigenvalue weighted by Gasteiger charge is -2.23. The molecular formula is C19H26N4O4. The van der Waals surface area contributed by atoms with E-state index in [4.69, 9.17) is 0 Å². The maximum absolute atomic E-state index is 12.4. The second kappa shape index (κ2) is 7.94. The number of nitrogens with zero attached hydrogens (tertiary/aromatic N) is 3. The molecule has 8 heteroatoms. The van der Waals surface area contributed by atoms with Crippen LogP contribution in [0.2, 0.25) is 0 Å². The molecule has 1 saturated heterocycles. The monoisotopic (exact) mass is 374 g/mol. The average Bonchev–Trinajstić information content (AvgIpc) is 3.23. The number of carbonyl (C=O) groups excluding carboxylic acids is 2. The van der Waals surface area contributed by atoms with Crippen LogP contribution in [-0.2, 0) is 16.0 Å². The van der Waals surface area contributed by atoms with Crippen LogP contribution in [0.15, 0.2) is 24.4 Å². The molecule has 2 N–H and O–H groups in total. The molecule has 1 aromatic rings. The number of hydrogen-bond donors (Lipinski definition) is 2. The van der Waals surface area contributed by atoms with Gasteiger partial charge in [0.1, 0.15) is 0 Å². The highest BCUT2D eigenvalue weighted by molar-refractivity contribution is 5.85. The van der Waals surface area contributed by atoms with Crippen molar-refractivity contribution in [3.8, 4) is 0 Å². The van der Waals surface area contributed by atoms with Gasteiger partial charge in [0.15, 0.2) is 0 Å². The van der Waals surface area contributed by atoms with E-state index in [-0.39, 0.29) is 30.9 Å². The number of rotatable bonds is 6. The second-order valence-corrected chi connectivity index (χ2v) is 7.48. The van der Waals surface area contributed by atoms with Gasteiger partial charge in [-0.05, 0) is 30.9 Å². The predicted molar refractivity (Wildman–Crippen MR) is 98.0 cm³/mol. The van der Waals surface area contributed by atoms with Crippen LogP contribution in [0.4, 0.5) is 4.79 Å². The van der Waals surface area contributed by atoms with E-state index in [2.05, 4.69) is 10.3 Å². The zero-order chi connectivity index (χ0) is 19.4. The normalized spacial score (nSPS) is 23.7. The molecule has 1 aliphatic heterocycles. The van der Waals surface area contributed by atoms with Gasteiger partial charge in [0.2, 0.25) is 5.91 Å². The molecule has 3 rings (SSSR count). The molecule has 0 spiro atoms. The largest absolute Gasteiger partial charge is 0.481 e. The van der Waals surface area contributed by atoms with Crippen molar-refractivity contribution in [2.24, 2.45) is 11.3 Å². The molecule has 0 bridgehead atoms. The van der Waals surface area contributed by atoms with Crippen LogP contribution >= 0.6 is 0 Å². The van der Waals surface area contributed by atoms with Crippen LogP contribution in [0.3, 0.4) is 0 Å². The lowest BCUT2D eigenvalue weighted by Crippen LogP contribution is -2.45. The molecule has 0 aromatic carbocycles. The summed E-state index contributed by atoms with van der Waals surface area (Å²) in [5.41, 5.74) is 0.102. The van der Waals surface area contributed by atoms with E-state index in [9.17, 15) is 19.5 Å². The fourth-order valence-corrected chi connectivity index (χ4v) is 4.14. The molecular weight excluding hydrogens is 348 g/mol. The highest BCUT2D eigenvalue weighted by Gasteiger charge is 2.55. The van der Waals surface area contributed by atoms with E-state index in [1.807, 2.05) is 18.2 Å². The average molecular weight is 374 g/mol. The molecule has 0 radical (unpaired) electrons. The Morgan fingerprint density at radius 1 is 1.41 bits per heavy atom. The number of fused-ring (bicyclic) bond motifs is 1. The van der Waals surface area contributed by atoms with Gasteiger partial charge in [-0.1, -0.05) is 12.5 Å². The zero-order valence-electron chi connectivity index (χ0n) is 15.6. The van der Waals surface area contributed by atoms with Crippen molar-refractivity contribution in [1.82, 2.24) is 20.1 Å². The van der Waals surface area contributed by atoms with Crippen LogP contribution in [0.5, 0.6) is 0 Å². The number of urea groups is 1. The quantitative estimate of drug-likeness (QED) is 0.773. The third kappa shape index (κ3) is 4.04. The first kappa shape index (κ1) is 19.1. The number of likely N-dealkylation sites (N-methyl/N-ethyl adjacent to an activating group) is 1. The van der Waals surface area contributed by atoms with Crippen molar-refractivity contribution in [3.05, 3.63) is 30.1 Å². The number of aliphatic carboxylic acids is 1. The number of carboxylic acid groups (broad SMARTS) is 1. The molecule has 27 heavy (non-hydrogen) atoms. The zero-order valence-corrected chi connectivity index (χ0v) is 15.6. The standard InChI is InChI=1S/C19H26N4O4/c1-22(10-7-15-6-2-3-9-20-15)16(24)11-21-18(27)23-12-14-5-4-8-19(14,13-23)17(25)26/h2-3,6,9,14H,4-5,7-8,10-13H2,1H3,(H,21,27)(H,25,26)/t14-,19+/m0/s1. The van der Waals surface area contributed by atoms with Crippen LogP contribution in [0.1, 0.15) is 25.0 Å². The number of carbonyl (C=O) groups is 3. The summed E-state index contributed by atoms with van der Waals surface area (Å²) in [6.07, 6.45) is 4.71. The molecule has 2 fully saturated rings. The molecule has 2 aliphatic rings. The van der Waals surface area contributed by atoms with Crippen molar-refractivity contribution in [1.29, 1.82) is 0 Å². The highest BCUT2D eigenvalue weighted by Crippen LogP contribution is 2.48. The van der Waals surface area contributed by atoms with E-state index in [1.165, 1.54) is 0 Å². The maximum Gasteiger partial charge on any atom is 0.317 e. The number of nitrogens with one attached hydrogen (secondary N) is 1. The topological polar surface area (TPSA) is 103 Å². The third-order valence-electron chi connectivity index (χ3n) is 5.83. The third-order valence-corrected chi connectivity index (χ3v) is 5.83. The van der Waals surface area contributed by atoms with Crippen LogP contribution in [0, 0.1) is 11.3 Å². The van der Waals surface area contributed by atoms with Gasteiger partial charge < -0.3 is 20.2 Å². The van der Waals surface area contributed by atoms with Gasteiger partial charge >= 0.3 is 12.0 Å². The van der Waals surface area contributed by atoms with Crippen molar-refractivity contribution < 1.29 is 19.5 Å². The first-order valence-corrected chi connectivity index (χ1v) is 9.32. The molecule has 2 atom stereocenters. The fourth-order valence-electron chi connectivity index (χ4n) is 4.14. The van der Waals surface area contributed by atoms with E-state index >= 15 is 0 Å². The minimum Gasteiger partial charge on any atom is -0.481 e. The molecule has 0 unspecified atom stereocenters. The Hall–Kier alpha value is -2.64. The van der Waals surface area contributed by atoms with Crippen LogP contribution < -0.4 is 5.32 Å². The summed E-state index contributed by atoms with van der Waals surface area (Å²) >= 11 is 0. The van der Waals surface area contributed by atoms with E-state index < -0.39 is 11.4 Å². The van der Waals surface area contributed by atoms with E-state index in [1.54, 1.807) is 23.0 Å². The number of carboxylic acids is 1. The van der Waals surface area contributed by atoms with Crippen molar-refractivity contribution in [2.75, 3.05) is 33.2 Å². The minimum atomic E-state index is -0.814. The molecule has 1 aliphatic carbocycles. The van der Waals surface area contributed by atoms with E-state index in [0.29, 0.717) is 25.9 Å². The highest BCUT2D eigenvalue weighted by atomic mass is 16.4. The Morgan fingerprint density at radius 3 is 2.89 bits per heavy atom. The minimum absolute atomic E-state index is 0.0116. The van der Waals surface area contributed by atoms with Crippen molar-refractivity contribution >= 4 is 17.9 Å². The molecule has 1 aromatic heterocycles. The second-order valence-electron chi connectivity index (χ2n) is 7.48. The van der Waals surface area contributed by atoms with Gasteiger partial charge in [-0.25, -0.2) is 4.79 Å². The number of pyridine rings is 1. The summed E-state index contributed by atoms with van der Waals surface area (Å²) in [6.45, 7) is 1.09. The lowest BCUT2D eigenvalue weighted by molar-refractivity contribution is -0.149. The summed E-state index contributed by atoms with van der Waals surface area (Å²) in [7, 11) is 1.69. The summed E-state index contributed by atoms with van der Waals surface area (Å²) < 4.78 is 0. The van der Waals surface area contributed by atoms with Gasteiger partial charge in [-0.2, -0.15) is 0 Å². The molecule has 8 nitrogen and oxygen atoms in total. The lowest BCUT2D eigenvalue weighted by atomic mass is 9.81. The van der Waals surface area contributed by atoms with Gasteiger partial charge in [-0.3, -0.25) is 14.6 Å². The SMILES string of the molecule is CN(CCc1ccccn1)C(=O)CNC(=O)N1C[C@@H]2CCC[C@@]2(C(=O)O)C1. The van der Waals surface area contributed by atoms with Crippen LogP contribution in [0.25, 0.3) is 0 Å². The summed E-state index contributed by atoms with van der Waals surface area (Å²) in [5, 5.41) is 12.2. The number of likely N-dealkylation sites (tertiary alicyclic amines) is 1. The molecule has 1 saturated carbocycles. The summed E-state index contributed by atoms with van der Waals surface area (Å²) in [6, 6.07) is 5.29. The Kier molecular flexibility index (Phi) is 5.62. The van der Waals surface area contributed by atoms with Gasteiger partial charge in [0.05, 0.1) is 12.0 Å². The molecule has 146 valence electrons. The Labute approximate surface area is 158 Å². The molecule has 3 amide bonds. The predicted octanol–water partition coefficient (Wildman–Crippen LogP) is 0.979. The van der Waals surface area contributed by atoms with Crippen molar-refractivity contribution in [3.63, 3.8) is 0 Å². The number of aromatic nitrogens is 1. The first-order chi connectivity index (χ1) is 12.9. The number of hydrogen-bond acceptors (Lipinski definition) is 4. The number of amides is 3. The Bertz CT molecular complexity index is 711. The van der Waals surface area contributed by atoms with Crippen molar-refractivity contribution in [2.45, 2.75) is 25.7 Å². The molecule has 2 heterocycles. The summed E-state index contributed by atoms with van der Waals surface area (Å²) in [4.78, 5) is 43.6. The Balaban J connectivity index is 1.45. The van der Waals surface area contributed by atoms with Gasteiger partial charge in [-0.15, -0.1) is 0 Å².